The van der Waals surface area contributed by atoms with Crippen LogP contribution < -0.4 is 20.7 Å². The van der Waals surface area contributed by atoms with E-state index in [0.717, 1.165) is 27.0 Å². The van der Waals surface area contributed by atoms with Gasteiger partial charge in [-0.05, 0) is 37.7 Å². The number of ether oxygens (including phenoxy) is 1. The Balaban J connectivity index is 1.86. The number of benzene rings is 4. The summed E-state index contributed by atoms with van der Waals surface area (Å²) in [6.45, 7) is 15.3. The normalized spacial score (nSPS) is 13.9. The minimum atomic E-state index is -3.07. The predicted octanol–water partition coefficient (Wildman–Crippen LogP) is 6.42. The van der Waals surface area contributed by atoms with Gasteiger partial charge in [0.05, 0.1) is 19.1 Å². The lowest BCUT2D eigenvalue weighted by Gasteiger charge is -2.46. The molecule has 0 aliphatic rings. The summed E-state index contributed by atoms with van der Waals surface area (Å²) >= 11 is 0. The molecule has 4 aromatic carbocycles. The minimum absolute atomic E-state index is 0.00673. The fourth-order valence-electron chi connectivity index (χ4n) is 6.83. The summed E-state index contributed by atoms with van der Waals surface area (Å²) in [4.78, 5) is 26.4. The number of rotatable bonds is 14. The number of aldehydes is 1. The monoisotopic (exact) mass is 666 g/mol. The first-order valence-electron chi connectivity index (χ1n) is 16.6. The average Bonchev–Trinajstić information content (AvgIpc) is 3.06. The van der Waals surface area contributed by atoms with E-state index in [1.807, 2.05) is 72.8 Å². The number of hydrogen-bond acceptors (Lipinski definition) is 5. The van der Waals surface area contributed by atoms with Gasteiger partial charge in [0, 0.05) is 6.42 Å². The van der Waals surface area contributed by atoms with Crippen LogP contribution in [-0.2, 0) is 23.2 Å². The summed E-state index contributed by atoms with van der Waals surface area (Å²) < 4.78 is 20.2. The van der Waals surface area contributed by atoms with Gasteiger partial charge in [0.15, 0.2) is 0 Å². The Hall–Kier alpha value is -3.63. The lowest BCUT2D eigenvalue weighted by molar-refractivity contribution is -0.145. The molecule has 0 fully saturated rings. The summed E-state index contributed by atoms with van der Waals surface area (Å²) in [5.41, 5.74) is 0. The third-order valence-electron chi connectivity index (χ3n) is 8.85. The van der Waals surface area contributed by atoms with Crippen LogP contribution in [0.15, 0.2) is 121 Å². The molecule has 248 valence electrons. The van der Waals surface area contributed by atoms with Crippen molar-refractivity contribution in [1.82, 2.24) is 0 Å². The summed E-state index contributed by atoms with van der Waals surface area (Å²) in [5, 5.41) is 3.72. The van der Waals surface area contributed by atoms with E-state index in [1.54, 1.807) is 6.92 Å². The van der Waals surface area contributed by atoms with Gasteiger partial charge in [-0.1, -0.05) is 163 Å². The van der Waals surface area contributed by atoms with E-state index in [-0.39, 0.29) is 35.5 Å². The van der Waals surface area contributed by atoms with Crippen molar-refractivity contribution in [2.75, 3.05) is 6.61 Å². The average molecular weight is 667 g/mol. The second kappa shape index (κ2) is 15.5. The molecule has 4 aromatic rings. The standard InChI is InChI=1S/C40H50O5Si2/c1-8-43-38(42)30-32(44-46(39(2,3)4,34-21-13-9-14-22-34)35-23-15-10-16-24-35)29-33(31-41)45-47(40(5,6)7,36-25-17-11-18-26-36)37-27-19-12-20-28-37/h9-28,31-33H,8,29-30H2,1-7H3. The Morgan fingerprint density at radius 3 is 1.26 bits per heavy atom. The van der Waals surface area contributed by atoms with E-state index < -0.39 is 28.8 Å². The fraction of sp³-hybridized carbons (Fsp3) is 0.350. The molecule has 0 radical (unpaired) electrons. The second-order valence-electron chi connectivity index (χ2n) is 14.1. The van der Waals surface area contributed by atoms with Crippen LogP contribution in [-0.4, -0.2) is 47.7 Å². The highest BCUT2D eigenvalue weighted by atomic mass is 28.4. The van der Waals surface area contributed by atoms with Gasteiger partial charge in [0.1, 0.15) is 12.4 Å². The van der Waals surface area contributed by atoms with Gasteiger partial charge in [-0.15, -0.1) is 0 Å². The smallest absolute Gasteiger partial charge is 0.308 e. The van der Waals surface area contributed by atoms with Crippen LogP contribution >= 0.6 is 0 Å². The van der Waals surface area contributed by atoms with Gasteiger partial charge in [-0.3, -0.25) is 4.79 Å². The zero-order valence-electron chi connectivity index (χ0n) is 28.9. The first-order chi connectivity index (χ1) is 22.4. The molecule has 0 amide bonds. The van der Waals surface area contributed by atoms with E-state index in [1.165, 1.54) is 0 Å². The number of hydrogen-bond donors (Lipinski definition) is 0. The zero-order valence-corrected chi connectivity index (χ0v) is 30.9. The maximum absolute atomic E-state index is 13.2. The van der Waals surface area contributed by atoms with Crippen molar-refractivity contribution in [3.63, 3.8) is 0 Å². The highest BCUT2D eigenvalue weighted by Crippen LogP contribution is 2.40. The van der Waals surface area contributed by atoms with Crippen LogP contribution in [0.25, 0.3) is 0 Å². The molecule has 2 atom stereocenters. The summed E-state index contributed by atoms with van der Waals surface area (Å²) in [5.74, 6) is -0.356. The maximum Gasteiger partial charge on any atom is 0.308 e. The van der Waals surface area contributed by atoms with Crippen LogP contribution in [0, 0.1) is 0 Å². The van der Waals surface area contributed by atoms with E-state index >= 15 is 0 Å². The van der Waals surface area contributed by atoms with Crippen molar-refractivity contribution in [3.8, 4) is 0 Å². The SMILES string of the molecule is CCOC(=O)CC(CC(C=O)O[Si](c1ccccc1)(c1ccccc1)C(C)(C)C)O[Si](c1ccccc1)(c1ccccc1)C(C)(C)C. The molecular formula is C40H50O5Si2. The third kappa shape index (κ3) is 7.92. The molecular weight excluding hydrogens is 617 g/mol. The Bertz CT molecular complexity index is 1470. The topological polar surface area (TPSA) is 61.8 Å². The first-order valence-corrected chi connectivity index (χ1v) is 20.4. The van der Waals surface area contributed by atoms with Crippen LogP contribution in [0.3, 0.4) is 0 Å². The molecule has 0 saturated heterocycles. The molecule has 0 bridgehead atoms. The van der Waals surface area contributed by atoms with Gasteiger partial charge in [-0.25, -0.2) is 0 Å². The largest absolute Gasteiger partial charge is 0.466 e. The van der Waals surface area contributed by atoms with Crippen LogP contribution in [0.2, 0.25) is 10.1 Å². The number of carbonyl (C=O) groups is 2. The molecule has 5 nitrogen and oxygen atoms in total. The third-order valence-corrected chi connectivity index (χ3v) is 19.0. The molecule has 0 heterocycles. The van der Waals surface area contributed by atoms with Crippen molar-refractivity contribution < 1.29 is 23.2 Å². The van der Waals surface area contributed by atoms with Crippen LogP contribution in [0.4, 0.5) is 0 Å². The Labute approximate surface area is 283 Å². The van der Waals surface area contributed by atoms with Gasteiger partial charge in [0.2, 0.25) is 0 Å². The van der Waals surface area contributed by atoms with Crippen LogP contribution in [0.5, 0.6) is 0 Å². The van der Waals surface area contributed by atoms with E-state index in [0.29, 0.717) is 0 Å². The van der Waals surface area contributed by atoms with E-state index in [9.17, 15) is 9.59 Å². The van der Waals surface area contributed by atoms with Gasteiger partial charge < -0.3 is 18.4 Å². The number of esters is 1. The lowest BCUT2D eigenvalue weighted by atomic mass is 10.1. The maximum atomic E-state index is 13.2. The zero-order chi connectivity index (χ0) is 34.1. The van der Waals surface area contributed by atoms with Crippen LogP contribution in [0.1, 0.15) is 61.3 Å². The van der Waals surface area contributed by atoms with E-state index in [2.05, 4.69) is 90.1 Å². The molecule has 0 aliphatic heterocycles. The molecule has 0 saturated carbocycles. The highest BCUT2D eigenvalue weighted by molar-refractivity contribution is 7.00. The molecule has 7 heteroatoms. The van der Waals surface area contributed by atoms with Crippen molar-refractivity contribution >= 4 is 49.6 Å². The van der Waals surface area contributed by atoms with E-state index in [4.69, 9.17) is 13.6 Å². The highest BCUT2D eigenvalue weighted by Gasteiger charge is 2.54. The summed E-state index contributed by atoms with van der Waals surface area (Å²) in [7, 11) is -6.14. The van der Waals surface area contributed by atoms with Gasteiger partial charge in [-0.2, -0.15) is 0 Å². The first kappa shape index (κ1) is 36.2. The molecule has 0 aliphatic carbocycles. The molecule has 4 rings (SSSR count). The van der Waals surface area contributed by atoms with Gasteiger partial charge >= 0.3 is 5.97 Å². The molecule has 0 aromatic heterocycles. The minimum Gasteiger partial charge on any atom is -0.466 e. The Morgan fingerprint density at radius 1 is 0.617 bits per heavy atom. The molecule has 0 spiro atoms. The summed E-state index contributed by atoms with van der Waals surface area (Å²) in [6, 6.07) is 41.2. The van der Waals surface area contributed by atoms with Crippen molar-refractivity contribution in [1.29, 1.82) is 0 Å². The van der Waals surface area contributed by atoms with Gasteiger partial charge in [0.25, 0.3) is 16.6 Å². The second-order valence-corrected chi connectivity index (χ2v) is 22.6. The fourth-order valence-corrected chi connectivity index (χ4v) is 16.1. The predicted molar refractivity (Wildman–Crippen MR) is 197 cm³/mol. The van der Waals surface area contributed by atoms with Crippen molar-refractivity contribution in [3.05, 3.63) is 121 Å². The Morgan fingerprint density at radius 2 is 0.957 bits per heavy atom. The lowest BCUT2D eigenvalue weighted by Crippen LogP contribution is -2.69. The number of carbonyl (C=O) groups excluding carboxylic acids is 2. The molecule has 2 unspecified atom stereocenters. The van der Waals surface area contributed by atoms with Crippen molar-refractivity contribution in [2.45, 2.75) is 83.6 Å². The quantitative estimate of drug-likeness (QED) is 0.0884. The Kier molecular flexibility index (Phi) is 12.0. The molecule has 47 heavy (non-hydrogen) atoms. The molecule has 0 N–H and O–H groups in total. The van der Waals surface area contributed by atoms with Crippen molar-refractivity contribution in [2.24, 2.45) is 0 Å². The summed E-state index contributed by atoms with van der Waals surface area (Å²) in [6.07, 6.45) is -0.371.